The molecule has 0 heterocycles. The molecule has 1 aromatic rings. The van der Waals surface area contributed by atoms with Gasteiger partial charge in [-0.25, -0.2) is 0 Å². The van der Waals surface area contributed by atoms with Crippen molar-refractivity contribution < 1.29 is 4.79 Å². The van der Waals surface area contributed by atoms with Crippen molar-refractivity contribution in [1.82, 2.24) is 5.32 Å². The molecule has 3 heteroatoms. The number of carbonyl (C=O) groups excluding carboxylic acids is 1. The van der Waals surface area contributed by atoms with Gasteiger partial charge in [-0.1, -0.05) is 35.9 Å². The number of rotatable bonds is 2. The number of carbonyl (C=O) groups is 1. The Morgan fingerprint density at radius 2 is 2.06 bits per heavy atom. The molecule has 1 N–H and O–H groups in total. The lowest BCUT2D eigenvalue weighted by atomic mass is 10.1. The lowest BCUT2D eigenvalue weighted by molar-refractivity contribution is 0.0967. The van der Waals surface area contributed by atoms with E-state index < -0.39 is 0 Å². The van der Waals surface area contributed by atoms with Gasteiger partial charge in [0, 0.05) is 5.70 Å². The highest BCUT2D eigenvalue weighted by Crippen LogP contribution is 2.15. The number of amides is 1. The lowest BCUT2D eigenvalue weighted by Crippen LogP contribution is -2.22. The van der Waals surface area contributed by atoms with Crippen molar-refractivity contribution in [3.05, 3.63) is 58.8 Å². The lowest BCUT2D eigenvalue weighted by Gasteiger charge is -2.09. The van der Waals surface area contributed by atoms with E-state index >= 15 is 0 Å². The Labute approximate surface area is 99.6 Å². The molecule has 0 unspecified atom stereocenters. The van der Waals surface area contributed by atoms with E-state index in [4.69, 9.17) is 11.6 Å². The van der Waals surface area contributed by atoms with Gasteiger partial charge in [-0.05, 0) is 31.1 Å². The van der Waals surface area contributed by atoms with Gasteiger partial charge in [0.05, 0.1) is 10.6 Å². The van der Waals surface area contributed by atoms with Gasteiger partial charge in [-0.3, -0.25) is 4.79 Å². The van der Waals surface area contributed by atoms with E-state index in [-0.39, 0.29) is 5.91 Å². The molecule has 1 aromatic carbocycles. The van der Waals surface area contributed by atoms with Gasteiger partial charge in [-0.15, -0.1) is 0 Å². The minimum atomic E-state index is -0.164. The molecule has 0 aliphatic heterocycles. The SMILES string of the molecule is O=C(NC1=CCCC=C1)c1ccccc1Cl. The summed E-state index contributed by atoms with van der Waals surface area (Å²) >= 11 is 5.94. The van der Waals surface area contributed by atoms with Gasteiger partial charge in [0.25, 0.3) is 5.91 Å². The molecule has 16 heavy (non-hydrogen) atoms. The Balaban J connectivity index is 2.12. The third kappa shape index (κ3) is 2.52. The second-order valence-electron chi connectivity index (χ2n) is 3.57. The van der Waals surface area contributed by atoms with Gasteiger partial charge in [-0.2, -0.15) is 0 Å². The third-order valence-electron chi connectivity index (χ3n) is 2.37. The zero-order valence-electron chi connectivity index (χ0n) is 8.74. The summed E-state index contributed by atoms with van der Waals surface area (Å²) in [6, 6.07) is 7.02. The van der Waals surface area contributed by atoms with Gasteiger partial charge in [0.2, 0.25) is 0 Å². The zero-order valence-corrected chi connectivity index (χ0v) is 9.50. The molecular formula is C13H12ClNO. The first-order valence-corrected chi connectivity index (χ1v) is 5.58. The number of allylic oxidation sites excluding steroid dienone is 3. The molecule has 2 nitrogen and oxygen atoms in total. The number of halogens is 1. The van der Waals surface area contributed by atoms with Crippen molar-refractivity contribution in [2.75, 3.05) is 0 Å². The third-order valence-corrected chi connectivity index (χ3v) is 2.70. The summed E-state index contributed by atoms with van der Waals surface area (Å²) in [6.45, 7) is 0. The van der Waals surface area contributed by atoms with Crippen LogP contribution in [0.25, 0.3) is 0 Å². The maximum Gasteiger partial charge on any atom is 0.257 e. The quantitative estimate of drug-likeness (QED) is 0.834. The molecule has 0 bridgehead atoms. The van der Waals surface area contributed by atoms with Crippen LogP contribution in [-0.2, 0) is 0 Å². The molecule has 82 valence electrons. The van der Waals surface area contributed by atoms with E-state index in [1.165, 1.54) is 0 Å². The van der Waals surface area contributed by atoms with Gasteiger partial charge in [0.15, 0.2) is 0 Å². The fourth-order valence-electron chi connectivity index (χ4n) is 1.55. The molecule has 0 radical (unpaired) electrons. The van der Waals surface area contributed by atoms with E-state index in [0.29, 0.717) is 10.6 Å². The van der Waals surface area contributed by atoms with Crippen LogP contribution in [0.5, 0.6) is 0 Å². The zero-order chi connectivity index (χ0) is 11.4. The van der Waals surface area contributed by atoms with E-state index in [9.17, 15) is 4.79 Å². The van der Waals surface area contributed by atoms with E-state index in [1.807, 2.05) is 18.2 Å². The number of benzene rings is 1. The Morgan fingerprint density at radius 1 is 1.25 bits per heavy atom. The molecule has 2 rings (SSSR count). The minimum Gasteiger partial charge on any atom is -0.322 e. The molecular weight excluding hydrogens is 222 g/mol. The molecule has 0 fully saturated rings. The van der Waals surface area contributed by atoms with Crippen molar-refractivity contribution in [2.24, 2.45) is 0 Å². The first-order chi connectivity index (χ1) is 7.77. The van der Waals surface area contributed by atoms with Gasteiger partial charge >= 0.3 is 0 Å². The molecule has 1 aliphatic carbocycles. The number of nitrogens with one attached hydrogen (secondary N) is 1. The number of hydrogen-bond donors (Lipinski definition) is 1. The topological polar surface area (TPSA) is 29.1 Å². The van der Waals surface area contributed by atoms with Crippen molar-refractivity contribution in [2.45, 2.75) is 12.8 Å². The first kappa shape index (κ1) is 11.0. The molecule has 0 spiro atoms. The second kappa shape index (κ2) is 4.99. The Bertz CT molecular complexity index is 463. The highest BCUT2D eigenvalue weighted by Gasteiger charge is 2.10. The van der Waals surface area contributed by atoms with Crippen molar-refractivity contribution in [3.63, 3.8) is 0 Å². The van der Waals surface area contributed by atoms with E-state index in [0.717, 1.165) is 18.5 Å². The molecule has 0 saturated carbocycles. The number of hydrogen-bond acceptors (Lipinski definition) is 1. The van der Waals surface area contributed by atoms with Crippen LogP contribution in [0.2, 0.25) is 5.02 Å². The summed E-state index contributed by atoms with van der Waals surface area (Å²) in [4.78, 5) is 11.9. The fraction of sp³-hybridized carbons (Fsp3) is 0.154. The Kier molecular flexibility index (Phi) is 3.42. The average Bonchev–Trinajstić information content (AvgIpc) is 2.31. The fourth-order valence-corrected chi connectivity index (χ4v) is 1.77. The van der Waals surface area contributed by atoms with Crippen LogP contribution in [0.3, 0.4) is 0 Å². The van der Waals surface area contributed by atoms with Crippen LogP contribution in [0.1, 0.15) is 23.2 Å². The summed E-state index contributed by atoms with van der Waals surface area (Å²) < 4.78 is 0. The summed E-state index contributed by atoms with van der Waals surface area (Å²) in [5, 5.41) is 3.30. The summed E-state index contributed by atoms with van der Waals surface area (Å²) in [6.07, 6.45) is 7.97. The summed E-state index contributed by atoms with van der Waals surface area (Å²) in [7, 11) is 0. The predicted octanol–water partition coefficient (Wildman–Crippen LogP) is 3.30. The summed E-state index contributed by atoms with van der Waals surface area (Å²) in [5.74, 6) is -0.164. The van der Waals surface area contributed by atoms with Crippen LogP contribution in [0.4, 0.5) is 0 Å². The molecule has 0 aromatic heterocycles. The van der Waals surface area contributed by atoms with Crippen molar-refractivity contribution in [3.8, 4) is 0 Å². The largest absolute Gasteiger partial charge is 0.322 e. The molecule has 0 saturated heterocycles. The van der Waals surface area contributed by atoms with Gasteiger partial charge < -0.3 is 5.32 Å². The highest BCUT2D eigenvalue weighted by atomic mass is 35.5. The maximum absolute atomic E-state index is 11.9. The predicted molar refractivity (Wildman–Crippen MR) is 65.4 cm³/mol. The Hall–Kier alpha value is -1.54. The van der Waals surface area contributed by atoms with Crippen molar-refractivity contribution in [1.29, 1.82) is 0 Å². The second-order valence-corrected chi connectivity index (χ2v) is 3.98. The average molecular weight is 234 g/mol. The molecule has 0 atom stereocenters. The monoisotopic (exact) mass is 233 g/mol. The van der Waals surface area contributed by atoms with Crippen LogP contribution >= 0.6 is 11.6 Å². The highest BCUT2D eigenvalue weighted by molar-refractivity contribution is 6.33. The van der Waals surface area contributed by atoms with E-state index in [1.54, 1.807) is 24.3 Å². The smallest absolute Gasteiger partial charge is 0.257 e. The van der Waals surface area contributed by atoms with Crippen LogP contribution in [0, 0.1) is 0 Å². The standard InChI is InChI=1S/C13H12ClNO/c14-12-9-5-4-8-11(12)13(16)15-10-6-2-1-3-7-10/h2,4-9H,1,3H2,(H,15,16). The van der Waals surface area contributed by atoms with Crippen LogP contribution < -0.4 is 5.32 Å². The van der Waals surface area contributed by atoms with Gasteiger partial charge in [0.1, 0.15) is 0 Å². The van der Waals surface area contributed by atoms with Crippen LogP contribution in [0.15, 0.2) is 48.2 Å². The maximum atomic E-state index is 11.9. The van der Waals surface area contributed by atoms with E-state index in [2.05, 4.69) is 5.32 Å². The Morgan fingerprint density at radius 3 is 2.75 bits per heavy atom. The molecule has 1 aliphatic rings. The summed E-state index contributed by atoms with van der Waals surface area (Å²) in [5.41, 5.74) is 1.35. The van der Waals surface area contributed by atoms with Crippen LogP contribution in [-0.4, -0.2) is 5.91 Å². The normalized spacial score (nSPS) is 14.4. The first-order valence-electron chi connectivity index (χ1n) is 5.20. The van der Waals surface area contributed by atoms with Crippen molar-refractivity contribution >= 4 is 17.5 Å². The minimum absolute atomic E-state index is 0.164. The molecule has 1 amide bonds.